The van der Waals surface area contributed by atoms with Crippen molar-refractivity contribution in [1.29, 1.82) is 0 Å². The molecule has 1 heterocycles. The number of halogens is 1. The zero-order valence-electron chi connectivity index (χ0n) is 6.68. The van der Waals surface area contributed by atoms with Gasteiger partial charge in [-0.25, -0.2) is 4.98 Å². The highest BCUT2D eigenvalue weighted by atomic mass is 35.5. The first kappa shape index (κ1) is 9.51. The second-order valence-electron chi connectivity index (χ2n) is 2.56. The van der Waals surface area contributed by atoms with E-state index in [1.54, 1.807) is 24.0 Å². The molecule has 1 aromatic heterocycles. The van der Waals surface area contributed by atoms with E-state index in [4.69, 9.17) is 11.6 Å². The quantitative estimate of drug-likeness (QED) is 0.663. The largest absolute Gasteiger partial charge is 0.389 e. The van der Waals surface area contributed by atoms with Crippen LogP contribution < -0.4 is 0 Å². The average Bonchev–Trinajstić information content (AvgIpc) is 2.48. The molecule has 12 heavy (non-hydrogen) atoms. The lowest BCUT2D eigenvalue weighted by Gasteiger charge is -2.14. The van der Waals surface area contributed by atoms with Crippen molar-refractivity contribution in [1.82, 2.24) is 9.55 Å². The van der Waals surface area contributed by atoms with Gasteiger partial charge in [-0.1, -0.05) is 0 Å². The summed E-state index contributed by atoms with van der Waals surface area (Å²) in [6.07, 6.45) is 1.27. The smallest absolute Gasteiger partial charge is 0.140 e. The van der Waals surface area contributed by atoms with Gasteiger partial charge in [0.1, 0.15) is 18.0 Å². The average molecular weight is 191 g/mol. The number of aromatic nitrogens is 2. The second-order valence-corrected chi connectivity index (χ2v) is 2.87. The number of alkyl halides is 1. The zero-order chi connectivity index (χ0) is 9.14. The SMILES string of the molecule is Cn1ccnc1C(O)C(O)CCl. The Bertz CT molecular complexity index is 251. The van der Waals surface area contributed by atoms with Crippen LogP contribution in [-0.4, -0.2) is 31.7 Å². The molecule has 0 aliphatic heterocycles. The topological polar surface area (TPSA) is 58.3 Å². The van der Waals surface area contributed by atoms with Crippen molar-refractivity contribution in [2.24, 2.45) is 7.05 Å². The summed E-state index contributed by atoms with van der Waals surface area (Å²) in [5.74, 6) is 0.414. The van der Waals surface area contributed by atoms with Crippen molar-refractivity contribution in [3.8, 4) is 0 Å². The Morgan fingerprint density at radius 2 is 2.33 bits per heavy atom. The molecule has 0 aliphatic carbocycles. The van der Waals surface area contributed by atoms with Crippen molar-refractivity contribution in [3.63, 3.8) is 0 Å². The number of hydrogen-bond donors (Lipinski definition) is 2. The number of rotatable bonds is 3. The van der Waals surface area contributed by atoms with Crippen LogP contribution in [0.2, 0.25) is 0 Å². The van der Waals surface area contributed by atoms with Gasteiger partial charge >= 0.3 is 0 Å². The summed E-state index contributed by atoms with van der Waals surface area (Å²) in [6, 6.07) is 0. The lowest BCUT2D eigenvalue weighted by atomic mass is 10.2. The van der Waals surface area contributed by atoms with E-state index < -0.39 is 12.2 Å². The molecule has 5 heteroatoms. The van der Waals surface area contributed by atoms with E-state index in [1.165, 1.54) is 0 Å². The number of aliphatic hydroxyl groups is 2. The molecule has 1 rings (SSSR count). The van der Waals surface area contributed by atoms with Crippen molar-refractivity contribution < 1.29 is 10.2 Å². The van der Waals surface area contributed by atoms with Crippen molar-refractivity contribution in [2.45, 2.75) is 12.2 Å². The fourth-order valence-electron chi connectivity index (χ4n) is 0.919. The molecule has 0 saturated heterocycles. The molecule has 4 nitrogen and oxygen atoms in total. The van der Waals surface area contributed by atoms with Gasteiger partial charge in [0.25, 0.3) is 0 Å². The third-order valence-electron chi connectivity index (χ3n) is 1.65. The molecule has 1 aromatic rings. The van der Waals surface area contributed by atoms with Gasteiger partial charge in [-0.15, -0.1) is 11.6 Å². The molecule has 0 fully saturated rings. The molecule has 0 aliphatic rings. The van der Waals surface area contributed by atoms with Crippen LogP contribution in [0.5, 0.6) is 0 Å². The highest BCUT2D eigenvalue weighted by Gasteiger charge is 2.20. The number of hydrogen-bond acceptors (Lipinski definition) is 3. The van der Waals surface area contributed by atoms with Crippen LogP contribution in [0.25, 0.3) is 0 Å². The lowest BCUT2D eigenvalue weighted by molar-refractivity contribution is 0.0254. The maximum atomic E-state index is 9.44. The number of aliphatic hydroxyl groups excluding tert-OH is 2. The van der Waals surface area contributed by atoms with Gasteiger partial charge in [0.2, 0.25) is 0 Å². The third kappa shape index (κ3) is 1.77. The van der Waals surface area contributed by atoms with Crippen LogP contribution in [0.4, 0.5) is 0 Å². The summed E-state index contributed by atoms with van der Waals surface area (Å²) in [4.78, 5) is 3.88. The van der Waals surface area contributed by atoms with Crippen molar-refractivity contribution in [3.05, 3.63) is 18.2 Å². The lowest BCUT2D eigenvalue weighted by Crippen LogP contribution is -2.22. The highest BCUT2D eigenvalue weighted by molar-refractivity contribution is 6.18. The minimum Gasteiger partial charge on any atom is -0.389 e. The summed E-state index contributed by atoms with van der Waals surface area (Å²) in [6.45, 7) is 0. The highest BCUT2D eigenvalue weighted by Crippen LogP contribution is 2.14. The Morgan fingerprint density at radius 3 is 2.75 bits per heavy atom. The van der Waals surface area contributed by atoms with Gasteiger partial charge in [0.05, 0.1) is 5.88 Å². The molecular weight excluding hydrogens is 180 g/mol. The van der Waals surface area contributed by atoms with Crippen LogP contribution in [0.15, 0.2) is 12.4 Å². The standard InChI is InChI=1S/C7H11ClN2O2/c1-10-3-2-9-7(10)6(12)5(11)4-8/h2-3,5-6,11-12H,4H2,1H3. The predicted molar refractivity (Wildman–Crippen MR) is 44.9 cm³/mol. The Labute approximate surface area is 75.4 Å². The molecule has 68 valence electrons. The molecule has 2 N–H and O–H groups in total. The van der Waals surface area contributed by atoms with Gasteiger partial charge in [-0.2, -0.15) is 0 Å². The number of aryl methyl sites for hydroxylation is 1. The van der Waals surface area contributed by atoms with E-state index in [0.29, 0.717) is 5.82 Å². The monoisotopic (exact) mass is 190 g/mol. The van der Waals surface area contributed by atoms with Crippen LogP contribution in [0, 0.1) is 0 Å². The summed E-state index contributed by atoms with van der Waals surface area (Å²) in [5.41, 5.74) is 0. The summed E-state index contributed by atoms with van der Waals surface area (Å²) in [5, 5.41) is 18.6. The molecule has 0 aromatic carbocycles. The maximum absolute atomic E-state index is 9.44. The van der Waals surface area contributed by atoms with Gasteiger partial charge in [-0.3, -0.25) is 0 Å². The fraction of sp³-hybridized carbons (Fsp3) is 0.571. The first-order valence-electron chi connectivity index (χ1n) is 3.56. The first-order chi connectivity index (χ1) is 5.66. The van der Waals surface area contributed by atoms with Crippen molar-refractivity contribution >= 4 is 11.6 Å². The van der Waals surface area contributed by atoms with E-state index in [-0.39, 0.29) is 5.88 Å². The van der Waals surface area contributed by atoms with Crippen LogP contribution >= 0.6 is 11.6 Å². The summed E-state index contributed by atoms with van der Waals surface area (Å²) in [7, 11) is 1.74. The Morgan fingerprint density at radius 1 is 1.67 bits per heavy atom. The van der Waals surface area contributed by atoms with Crippen LogP contribution in [0.1, 0.15) is 11.9 Å². The molecule has 0 radical (unpaired) electrons. The Balaban J connectivity index is 2.77. The first-order valence-corrected chi connectivity index (χ1v) is 4.09. The van der Waals surface area contributed by atoms with E-state index in [9.17, 15) is 10.2 Å². The second kappa shape index (κ2) is 3.89. The Hall–Kier alpha value is -0.580. The predicted octanol–water partition coefficient (Wildman–Crippen LogP) is 0.0532. The molecule has 0 amide bonds. The molecular formula is C7H11ClN2O2. The summed E-state index contributed by atoms with van der Waals surface area (Å²) < 4.78 is 1.64. The summed E-state index contributed by atoms with van der Waals surface area (Å²) >= 11 is 5.37. The van der Waals surface area contributed by atoms with Crippen LogP contribution in [0.3, 0.4) is 0 Å². The molecule has 2 atom stereocenters. The van der Waals surface area contributed by atoms with Gasteiger partial charge in [0.15, 0.2) is 0 Å². The van der Waals surface area contributed by atoms with Crippen molar-refractivity contribution in [2.75, 3.05) is 5.88 Å². The minimum absolute atomic E-state index is 0.00593. The Kier molecular flexibility index (Phi) is 3.08. The zero-order valence-corrected chi connectivity index (χ0v) is 7.44. The normalized spacial score (nSPS) is 16.0. The molecule has 0 saturated carbocycles. The van der Waals surface area contributed by atoms with E-state index in [0.717, 1.165) is 0 Å². The fourth-order valence-corrected chi connectivity index (χ4v) is 1.09. The van der Waals surface area contributed by atoms with Gasteiger partial charge in [0, 0.05) is 19.4 Å². The molecule has 2 unspecified atom stereocenters. The van der Waals surface area contributed by atoms with E-state index >= 15 is 0 Å². The van der Waals surface area contributed by atoms with Gasteiger partial charge in [-0.05, 0) is 0 Å². The molecule has 0 bridgehead atoms. The van der Waals surface area contributed by atoms with Gasteiger partial charge < -0.3 is 14.8 Å². The molecule has 0 spiro atoms. The maximum Gasteiger partial charge on any atom is 0.140 e. The number of nitrogens with zero attached hydrogens (tertiary/aromatic N) is 2. The third-order valence-corrected chi connectivity index (χ3v) is 1.96. The van der Waals surface area contributed by atoms with E-state index in [2.05, 4.69) is 4.98 Å². The van der Waals surface area contributed by atoms with E-state index in [1.807, 2.05) is 0 Å². The van der Waals surface area contributed by atoms with Crippen LogP contribution in [-0.2, 0) is 7.05 Å². The number of imidazole rings is 1. The minimum atomic E-state index is -1.01.